The zero-order chi connectivity index (χ0) is 16.9. The molecule has 2 aromatic carbocycles. The fraction of sp³-hybridized carbons (Fsp3) is 0.125. The quantitative estimate of drug-likeness (QED) is 0.770. The molecule has 8 heteroatoms. The van der Waals surface area contributed by atoms with Crippen LogP contribution in [0.3, 0.4) is 0 Å². The molecule has 24 heavy (non-hydrogen) atoms. The van der Waals surface area contributed by atoms with Crippen molar-refractivity contribution in [1.82, 2.24) is 20.2 Å². The largest absolute Gasteiger partial charge is 0.495 e. The van der Waals surface area contributed by atoms with E-state index in [9.17, 15) is 4.79 Å². The number of carbonyl (C=O) groups is 1. The lowest BCUT2D eigenvalue weighted by molar-refractivity contribution is -0.118. The van der Waals surface area contributed by atoms with Gasteiger partial charge in [-0.2, -0.15) is 0 Å². The summed E-state index contributed by atoms with van der Waals surface area (Å²) >= 11 is 6.01. The number of ether oxygens (including phenoxy) is 1. The third-order valence-electron chi connectivity index (χ3n) is 3.41. The van der Waals surface area contributed by atoms with Gasteiger partial charge in [0.15, 0.2) is 6.04 Å². The molecule has 0 saturated carbocycles. The average molecular weight is 344 g/mol. The number of rotatable bonds is 5. The fourth-order valence-corrected chi connectivity index (χ4v) is 2.50. The summed E-state index contributed by atoms with van der Waals surface area (Å²) in [7, 11) is 1.52. The van der Waals surface area contributed by atoms with Gasteiger partial charge in [0.05, 0.1) is 12.8 Å². The Morgan fingerprint density at radius 2 is 2.04 bits per heavy atom. The van der Waals surface area contributed by atoms with E-state index < -0.39 is 6.04 Å². The first-order valence-electron chi connectivity index (χ1n) is 7.11. The van der Waals surface area contributed by atoms with Gasteiger partial charge in [-0.15, -0.1) is 5.10 Å². The van der Waals surface area contributed by atoms with Crippen LogP contribution >= 0.6 is 11.6 Å². The lowest BCUT2D eigenvalue weighted by Crippen LogP contribution is -2.27. The van der Waals surface area contributed by atoms with Crippen molar-refractivity contribution in [2.75, 3.05) is 12.4 Å². The number of halogens is 1. The second-order valence-corrected chi connectivity index (χ2v) is 5.37. The van der Waals surface area contributed by atoms with Crippen LogP contribution in [-0.2, 0) is 4.79 Å². The van der Waals surface area contributed by atoms with Crippen LogP contribution in [0.5, 0.6) is 5.75 Å². The van der Waals surface area contributed by atoms with Crippen molar-refractivity contribution in [3.8, 4) is 5.75 Å². The number of aromatic nitrogens is 4. The van der Waals surface area contributed by atoms with E-state index in [0.717, 1.165) is 5.56 Å². The Balaban J connectivity index is 1.95. The number of hydrogen-bond donors (Lipinski definition) is 1. The lowest BCUT2D eigenvalue weighted by Gasteiger charge is -2.18. The normalized spacial score (nSPS) is 11.8. The Morgan fingerprint density at radius 3 is 2.71 bits per heavy atom. The van der Waals surface area contributed by atoms with Crippen LogP contribution in [0.25, 0.3) is 0 Å². The van der Waals surface area contributed by atoms with Gasteiger partial charge in [-0.05, 0) is 34.2 Å². The first-order chi connectivity index (χ1) is 11.7. The molecule has 1 atom stereocenters. The van der Waals surface area contributed by atoms with E-state index in [0.29, 0.717) is 16.5 Å². The fourth-order valence-electron chi connectivity index (χ4n) is 2.33. The van der Waals surface area contributed by atoms with E-state index in [1.54, 1.807) is 18.2 Å². The van der Waals surface area contributed by atoms with Gasteiger partial charge in [0.25, 0.3) is 5.91 Å². The van der Waals surface area contributed by atoms with Crippen LogP contribution in [0.1, 0.15) is 11.6 Å². The molecule has 1 amide bonds. The first-order valence-corrected chi connectivity index (χ1v) is 7.48. The number of amides is 1. The molecule has 0 aliphatic rings. The van der Waals surface area contributed by atoms with E-state index in [1.165, 1.54) is 18.1 Å². The zero-order valence-electron chi connectivity index (χ0n) is 12.8. The van der Waals surface area contributed by atoms with Crippen molar-refractivity contribution in [2.24, 2.45) is 0 Å². The van der Waals surface area contributed by atoms with Crippen LogP contribution in [0.15, 0.2) is 54.9 Å². The van der Waals surface area contributed by atoms with Gasteiger partial charge in [-0.25, -0.2) is 4.68 Å². The van der Waals surface area contributed by atoms with E-state index in [1.807, 2.05) is 30.3 Å². The Morgan fingerprint density at radius 1 is 1.25 bits per heavy atom. The number of carbonyl (C=O) groups excluding carboxylic acids is 1. The van der Waals surface area contributed by atoms with Crippen LogP contribution < -0.4 is 10.1 Å². The van der Waals surface area contributed by atoms with E-state index >= 15 is 0 Å². The van der Waals surface area contributed by atoms with Crippen molar-refractivity contribution >= 4 is 23.2 Å². The summed E-state index contributed by atoms with van der Waals surface area (Å²) in [5.41, 5.74) is 1.23. The molecule has 3 aromatic rings. The number of hydrogen-bond acceptors (Lipinski definition) is 5. The molecule has 7 nitrogen and oxygen atoms in total. The van der Waals surface area contributed by atoms with Gasteiger partial charge in [0.1, 0.15) is 12.1 Å². The maximum absolute atomic E-state index is 12.9. The molecule has 1 unspecified atom stereocenters. The highest BCUT2D eigenvalue weighted by Crippen LogP contribution is 2.29. The second kappa shape index (κ2) is 7.10. The minimum Gasteiger partial charge on any atom is -0.495 e. The smallest absolute Gasteiger partial charge is 0.254 e. The minimum absolute atomic E-state index is 0.311. The first kappa shape index (κ1) is 15.9. The van der Waals surface area contributed by atoms with E-state index in [4.69, 9.17) is 16.3 Å². The summed E-state index contributed by atoms with van der Waals surface area (Å²) in [5, 5.41) is 14.4. The Kier molecular flexibility index (Phi) is 4.72. The number of anilines is 1. The predicted molar refractivity (Wildman–Crippen MR) is 89.0 cm³/mol. The molecule has 0 fully saturated rings. The maximum Gasteiger partial charge on any atom is 0.254 e. The summed E-state index contributed by atoms with van der Waals surface area (Å²) in [4.78, 5) is 12.9. The highest BCUT2D eigenvalue weighted by atomic mass is 35.5. The van der Waals surface area contributed by atoms with Crippen molar-refractivity contribution in [3.63, 3.8) is 0 Å². The maximum atomic E-state index is 12.9. The zero-order valence-corrected chi connectivity index (χ0v) is 13.5. The summed E-state index contributed by atoms with van der Waals surface area (Å²) in [6.45, 7) is 0. The summed E-state index contributed by atoms with van der Waals surface area (Å²) in [6.07, 6.45) is 1.40. The van der Waals surface area contributed by atoms with Crippen molar-refractivity contribution in [3.05, 3.63) is 65.4 Å². The highest BCUT2D eigenvalue weighted by Gasteiger charge is 2.24. The number of nitrogens with one attached hydrogen (secondary N) is 1. The van der Waals surface area contributed by atoms with Gasteiger partial charge < -0.3 is 10.1 Å². The third-order valence-corrected chi connectivity index (χ3v) is 3.65. The summed E-state index contributed by atoms with van der Waals surface area (Å²) in [6, 6.07) is 13.5. The van der Waals surface area contributed by atoms with Crippen molar-refractivity contribution in [2.45, 2.75) is 6.04 Å². The van der Waals surface area contributed by atoms with E-state index in [2.05, 4.69) is 20.8 Å². The van der Waals surface area contributed by atoms with Gasteiger partial charge in [0, 0.05) is 5.02 Å². The molecule has 1 aromatic heterocycles. The molecular weight excluding hydrogens is 330 g/mol. The molecule has 122 valence electrons. The lowest BCUT2D eigenvalue weighted by atomic mass is 10.1. The molecule has 3 rings (SSSR count). The SMILES string of the molecule is COc1ccc(Cl)cc1NC(=O)C(c1ccccc1)n1cnnn1. The molecule has 0 bridgehead atoms. The number of nitrogens with zero attached hydrogens (tertiary/aromatic N) is 4. The number of tetrazole rings is 1. The Labute approximate surface area is 143 Å². The molecule has 1 N–H and O–H groups in total. The van der Waals surface area contributed by atoms with Crippen LogP contribution in [0.2, 0.25) is 5.02 Å². The number of methoxy groups -OCH3 is 1. The van der Waals surface area contributed by atoms with Crippen LogP contribution in [0.4, 0.5) is 5.69 Å². The van der Waals surface area contributed by atoms with Gasteiger partial charge >= 0.3 is 0 Å². The van der Waals surface area contributed by atoms with Gasteiger partial charge in [0.2, 0.25) is 0 Å². The molecule has 0 aliphatic heterocycles. The van der Waals surface area contributed by atoms with Crippen molar-refractivity contribution in [1.29, 1.82) is 0 Å². The van der Waals surface area contributed by atoms with Gasteiger partial charge in [-0.3, -0.25) is 4.79 Å². The molecule has 0 radical (unpaired) electrons. The molecule has 0 spiro atoms. The third kappa shape index (κ3) is 3.36. The molecule has 0 saturated heterocycles. The topological polar surface area (TPSA) is 81.9 Å². The highest BCUT2D eigenvalue weighted by molar-refractivity contribution is 6.31. The average Bonchev–Trinajstić information content (AvgIpc) is 3.10. The Bertz CT molecular complexity index is 824. The molecule has 1 heterocycles. The monoisotopic (exact) mass is 343 g/mol. The van der Waals surface area contributed by atoms with Crippen LogP contribution in [0, 0.1) is 0 Å². The number of benzene rings is 2. The summed E-state index contributed by atoms with van der Waals surface area (Å²) in [5.74, 6) is 0.199. The van der Waals surface area contributed by atoms with Gasteiger partial charge in [-0.1, -0.05) is 41.9 Å². The standard InChI is InChI=1S/C16H14ClN5O2/c1-24-14-8-7-12(17)9-13(14)19-16(23)15(22-10-18-20-21-22)11-5-3-2-4-6-11/h2-10,15H,1H3,(H,19,23). The molecule has 0 aliphatic carbocycles. The predicted octanol–water partition coefficient (Wildman–Crippen LogP) is 2.56. The molecular formula is C16H14ClN5O2. The summed E-state index contributed by atoms with van der Waals surface area (Å²) < 4.78 is 6.65. The van der Waals surface area contributed by atoms with Crippen LogP contribution in [-0.4, -0.2) is 33.2 Å². The minimum atomic E-state index is -0.718. The Hall–Kier alpha value is -2.93. The second-order valence-electron chi connectivity index (χ2n) is 4.94. The van der Waals surface area contributed by atoms with E-state index in [-0.39, 0.29) is 5.91 Å². The van der Waals surface area contributed by atoms with Crippen molar-refractivity contribution < 1.29 is 9.53 Å².